The zero-order valence-electron chi connectivity index (χ0n) is 9.35. The number of hydrogen-bond acceptors (Lipinski definition) is 4. The maximum atomic E-state index is 11.6. The first-order valence-electron chi connectivity index (χ1n) is 5.72. The van der Waals surface area contributed by atoms with E-state index in [0.717, 1.165) is 6.42 Å². The molecule has 1 heterocycles. The van der Waals surface area contributed by atoms with Crippen molar-refractivity contribution in [3.63, 3.8) is 0 Å². The number of aliphatic hydroxyl groups excluding tert-OH is 2. The molecule has 0 radical (unpaired) electrons. The van der Waals surface area contributed by atoms with Crippen molar-refractivity contribution in [2.24, 2.45) is 5.92 Å². The van der Waals surface area contributed by atoms with Gasteiger partial charge in [0.25, 0.3) is 5.56 Å². The highest BCUT2D eigenvalue weighted by Crippen LogP contribution is 2.34. The van der Waals surface area contributed by atoms with Crippen molar-refractivity contribution in [3.8, 4) is 0 Å². The first-order chi connectivity index (χ1) is 8.11. The number of H-pyrrole nitrogens is 2. The molecular weight excluding hydrogens is 224 g/mol. The van der Waals surface area contributed by atoms with E-state index in [1.54, 1.807) is 0 Å². The molecule has 6 heteroatoms. The van der Waals surface area contributed by atoms with Crippen LogP contribution in [0.2, 0.25) is 0 Å². The van der Waals surface area contributed by atoms with E-state index in [9.17, 15) is 14.7 Å². The minimum Gasteiger partial charge on any atom is -0.396 e. The van der Waals surface area contributed by atoms with Gasteiger partial charge in [0.15, 0.2) is 0 Å². The van der Waals surface area contributed by atoms with Gasteiger partial charge in [-0.25, -0.2) is 4.79 Å². The Hall–Kier alpha value is -1.40. The van der Waals surface area contributed by atoms with Crippen molar-refractivity contribution < 1.29 is 10.2 Å². The maximum Gasteiger partial charge on any atom is 0.325 e. The van der Waals surface area contributed by atoms with Crippen LogP contribution in [0.25, 0.3) is 0 Å². The Bertz CT molecular complexity index is 493. The summed E-state index contributed by atoms with van der Waals surface area (Å²) >= 11 is 0. The molecular formula is C11H16N2O4. The van der Waals surface area contributed by atoms with Crippen LogP contribution in [-0.2, 0) is 0 Å². The summed E-state index contributed by atoms with van der Waals surface area (Å²) in [5, 5.41) is 19.0. The molecule has 1 saturated carbocycles. The summed E-state index contributed by atoms with van der Waals surface area (Å²) in [5.41, 5.74) is -0.578. The third-order valence-electron chi connectivity index (χ3n) is 3.43. The minimum atomic E-state index is -0.645. The smallest absolute Gasteiger partial charge is 0.325 e. The van der Waals surface area contributed by atoms with Gasteiger partial charge >= 0.3 is 5.69 Å². The first kappa shape index (κ1) is 12.1. The molecule has 0 aromatic carbocycles. The summed E-state index contributed by atoms with van der Waals surface area (Å²) in [5.74, 6) is -0.165. The van der Waals surface area contributed by atoms with Gasteiger partial charge in [-0.05, 0) is 25.2 Å². The van der Waals surface area contributed by atoms with Gasteiger partial charge in [0.1, 0.15) is 0 Å². The fourth-order valence-electron chi connectivity index (χ4n) is 2.46. The van der Waals surface area contributed by atoms with E-state index in [1.165, 1.54) is 6.20 Å². The van der Waals surface area contributed by atoms with Gasteiger partial charge in [0.2, 0.25) is 0 Å². The normalized spacial score (nSPS) is 29.2. The Morgan fingerprint density at radius 1 is 1.35 bits per heavy atom. The van der Waals surface area contributed by atoms with Crippen LogP contribution in [0.3, 0.4) is 0 Å². The SMILES string of the molecule is O=c1[nH]cc([C@H]2CC[C@@H](CO)C[C@@H]2O)c(=O)[nH]1. The van der Waals surface area contributed by atoms with E-state index >= 15 is 0 Å². The van der Waals surface area contributed by atoms with E-state index in [2.05, 4.69) is 9.97 Å². The van der Waals surface area contributed by atoms with Crippen molar-refractivity contribution in [1.29, 1.82) is 0 Å². The van der Waals surface area contributed by atoms with Gasteiger partial charge in [-0.2, -0.15) is 0 Å². The summed E-state index contributed by atoms with van der Waals surface area (Å²) in [6, 6.07) is 0. The van der Waals surface area contributed by atoms with Crippen LogP contribution in [0.5, 0.6) is 0 Å². The van der Waals surface area contributed by atoms with Crippen LogP contribution in [-0.4, -0.2) is 32.9 Å². The van der Waals surface area contributed by atoms with Gasteiger partial charge in [0, 0.05) is 24.3 Å². The van der Waals surface area contributed by atoms with Gasteiger partial charge < -0.3 is 15.2 Å². The van der Waals surface area contributed by atoms with E-state index in [1.807, 2.05) is 0 Å². The lowest BCUT2D eigenvalue weighted by Crippen LogP contribution is -2.34. The number of hydrogen-bond donors (Lipinski definition) is 4. The predicted molar refractivity (Wildman–Crippen MR) is 60.9 cm³/mol. The number of aliphatic hydroxyl groups is 2. The molecule has 0 spiro atoms. The largest absolute Gasteiger partial charge is 0.396 e. The monoisotopic (exact) mass is 240 g/mol. The van der Waals surface area contributed by atoms with Crippen LogP contribution in [0.15, 0.2) is 15.8 Å². The Morgan fingerprint density at radius 2 is 2.12 bits per heavy atom. The van der Waals surface area contributed by atoms with Gasteiger partial charge in [-0.1, -0.05) is 0 Å². The molecule has 6 nitrogen and oxygen atoms in total. The highest BCUT2D eigenvalue weighted by atomic mass is 16.3. The van der Waals surface area contributed by atoms with Crippen LogP contribution >= 0.6 is 0 Å². The minimum absolute atomic E-state index is 0.0613. The summed E-state index contributed by atoms with van der Waals surface area (Å²) in [6.45, 7) is 0.0613. The van der Waals surface area contributed by atoms with Crippen molar-refractivity contribution in [3.05, 3.63) is 32.6 Å². The van der Waals surface area contributed by atoms with Gasteiger partial charge in [-0.15, -0.1) is 0 Å². The lowest BCUT2D eigenvalue weighted by Gasteiger charge is -2.31. The van der Waals surface area contributed by atoms with Crippen molar-refractivity contribution >= 4 is 0 Å². The molecule has 1 aliphatic carbocycles. The fourth-order valence-corrected chi connectivity index (χ4v) is 2.46. The number of aromatic nitrogens is 2. The Morgan fingerprint density at radius 3 is 2.71 bits per heavy atom. The molecule has 94 valence electrons. The zero-order valence-corrected chi connectivity index (χ0v) is 9.35. The number of nitrogens with one attached hydrogen (secondary N) is 2. The molecule has 1 aromatic rings. The average Bonchev–Trinajstić information content (AvgIpc) is 2.30. The third kappa shape index (κ3) is 2.48. The van der Waals surface area contributed by atoms with Gasteiger partial charge in [-0.3, -0.25) is 9.78 Å². The Balaban J connectivity index is 2.23. The first-order valence-corrected chi connectivity index (χ1v) is 5.72. The lowest BCUT2D eigenvalue weighted by atomic mass is 9.77. The topological polar surface area (TPSA) is 106 Å². The van der Waals surface area contributed by atoms with Crippen molar-refractivity contribution in [1.82, 2.24) is 9.97 Å². The highest BCUT2D eigenvalue weighted by Gasteiger charge is 2.31. The van der Waals surface area contributed by atoms with Gasteiger partial charge in [0.05, 0.1) is 6.10 Å². The second-order valence-electron chi connectivity index (χ2n) is 4.56. The quantitative estimate of drug-likeness (QED) is 0.548. The average molecular weight is 240 g/mol. The maximum absolute atomic E-state index is 11.6. The molecule has 0 saturated heterocycles. The van der Waals surface area contributed by atoms with Crippen LogP contribution in [0, 0.1) is 5.92 Å². The summed E-state index contributed by atoms with van der Waals surface area (Å²) in [7, 11) is 0. The third-order valence-corrected chi connectivity index (χ3v) is 3.43. The van der Waals surface area contributed by atoms with Crippen molar-refractivity contribution in [2.75, 3.05) is 6.61 Å². The van der Waals surface area contributed by atoms with Crippen molar-refractivity contribution in [2.45, 2.75) is 31.3 Å². The molecule has 17 heavy (non-hydrogen) atoms. The molecule has 3 atom stereocenters. The summed E-state index contributed by atoms with van der Waals surface area (Å²) in [4.78, 5) is 27.1. The lowest BCUT2D eigenvalue weighted by molar-refractivity contribution is 0.0566. The van der Waals surface area contributed by atoms with E-state index in [4.69, 9.17) is 5.11 Å². The molecule has 0 bridgehead atoms. The zero-order chi connectivity index (χ0) is 12.4. The van der Waals surface area contributed by atoms with E-state index in [-0.39, 0.29) is 18.4 Å². The van der Waals surface area contributed by atoms with E-state index in [0.29, 0.717) is 18.4 Å². The number of rotatable bonds is 2. The Kier molecular flexibility index (Phi) is 3.44. The fraction of sp³-hybridized carbons (Fsp3) is 0.636. The predicted octanol–water partition coefficient (Wildman–Crippen LogP) is -0.700. The molecule has 0 unspecified atom stereocenters. The van der Waals surface area contributed by atoms with Crippen LogP contribution in [0.4, 0.5) is 0 Å². The molecule has 0 amide bonds. The number of aromatic amines is 2. The molecule has 1 aliphatic rings. The molecule has 0 aliphatic heterocycles. The Labute approximate surface area is 97.3 Å². The molecule has 2 rings (SSSR count). The standard InChI is InChI=1S/C11H16N2O4/c14-5-6-1-2-7(9(15)3-6)8-4-12-11(17)13-10(8)16/h4,6-7,9,14-15H,1-3,5H2,(H2,12,13,16,17)/t6-,7-,9+/m1/s1. The van der Waals surface area contributed by atoms with Crippen LogP contribution < -0.4 is 11.2 Å². The van der Waals surface area contributed by atoms with E-state index < -0.39 is 17.4 Å². The second kappa shape index (κ2) is 4.85. The summed E-state index contributed by atoms with van der Waals surface area (Å²) in [6.07, 6.45) is 2.62. The van der Waals surface area contributed by atoms with Crippen LogP contribution in [0.1, 0.15) is 30.7 Å². The summed E-state index contributed by atoms with van der Waals surface area (Å²) < 4.78 is 0. The highest BCUT2D eigenvalue weighted by molar-refractivity contribution is 5.14. The second-order valence-corrected chi connectivity index (χ2v) is 4.56. The molecule has 4 N–H and O–H groups in total. The molecule has 1 aromatic heterocycles. The molecule has 1 fully saturated rings.